The third-order valence-electron chi connectivity index (χ3n) is 3.81. The van der Waals surface area contributed by atoms with Crippen molar-refractivity contribution < 1.29 is 8.81 Å². The molecule has 1 aliphatic carbocycles. The van der Waals surface area contributed by atoms with Gasteiger partial charge in [0.2, 0.25) is 5.95 Å². The Morgan fingerprint density at radius 2 is 2.24 bits per heavy atom. The molecule has 7 nitrogen and oxygen atoms in total. The van der Waals surface area contributed by atoms with Crippen LogP contribution >= 0.6 is 12.3 Å². The van der Waals surface area contributed by atoms with Crippen LogP contribution in [0.3, 0.4) is 0 Å². The van der Waals surface area contributed by atoms with Crippen LogP contribution in [0.5, 0.6) is 0 Å². The lowest BCUT2D eigenvalue weighted by Crippen LogP contribution is -2.27. The van der Waals surface area contributed by atoms with Crippen molar-refractivity contribution in [2.45, 2.75) is 31.7 Å². The van der Waals surface area contributed by atoms with Crippen molar-refractivity contribution >= 4 is 35.1 Å². The Morgan fingerprint density at radius 1 is 1.52 bits per heavy atom. The summed E-state index contributed by atoms with van der Waals surface area (Å²) in [5.41, 5.74) is 0.791. The molecule has 0 radical (unpaired) electrons. The van der Waals surface area contributed by atoms with Crippen molar-refractivity contribution in [1.82, 2.24) is 14.5 Å². The first-order chi connectivity index (χ1) is 10.1. The smallest absolute Gasteiger partial charge is 0.289 e. The second kappa shape index (κ2) is 5.47. The fourth-order valence-corrected chi connectivity index (χ4v) is 3.29. The van der Waals surface area contributed by atoms with Crippen molar-refractivity contribution in [1.29, 1.82) is 0 Å². The predicted octanol–water partition coefficient (Wildman–Crippen LogP) is 3.16. The molecule has 0 aromatic carbocycles. The number of fused-ring (bicyclic) bond motifs is 1. The van der Waals surface area contributed by atoms with Gasteiger partial charge in [0.15, 0.2) is 18.0 Å². The third-order valence-corrected chi connectivity index (χ3v) is 4.42. The van der Waals surface area contributed by atoms with Gasteiger partial charge in [-0.25, -0.2) is 9.97 Å². The molecule has 1 saturated carbocycles. The minimum Gasteiger partial charge on any atom is -0.297 e. The fraction of sp³-hybridized carbons (Fsp3) is 0.500. The highest BCUT2D eigenvalue weighted by Gasteiger charge is 2.28. The first-order valence-electron chi connectivity index (χ1n) is 6.66. The normalized spacial score (nSPS) is 15.7. The van der Waals surface area contributed by atoms with Gasteiger partial charge in [-0.05, 0) is 12.8 Å². The Morgan fingerprint density at radius 3 is 2.86 bits per heavy atom. The zero-order chi connectivity index (χ0) is 15.0. The Balaban J connectivity index is 2.05. The molecular weight excluding hydrogens is 297 g/mol. The van der Waals surface area contributed by atoms with E-state index in [-0.39, 0.29) is 24.1 Å². The minimum atomic E-state index is -0.514. The second-order valence-electron chi connectivity index (χ2n) is 5.10. The van der Waals surface area contributed by atoms with E-state index in [1.165, 1.54) is 12.3 Å². The molecule has 1 fully saturated rings. The molecule has 0 bridgehead atoms. The molecule has 1 aliphatic rings. The van der Waals surface area contributed by atoms with E-state index in [1.54, 1.807) is 15.9 Å². The molecule has 0 spiro atoms. The van der Waals surface area contributed by atoms with E-state index in [2.05, 4.69) is 9.97 Å². The summed E-state index contributed by atoms with van der Waals surface area (Å²) in [4.78, 5) is 18.7. The van der Waals surface area contributed by atoms with E-state index in [1.807, 2.05) is 0 Å². The van der Waals surface area contributed by atoms with Crippen molar-refractivity contribution in [2.24, 2.45) is 7.05 Å². The maximum atomic E-state index is 13.4. The number of nitro groups is 1. The molecule has 2 aromatic heterocycles. The monoisotopic (exact) mass is 311 g/mol. The molecule has 2 heterocycles. The summed E-state index contributed by atoms with van der Waals surface area (Å²) < 4.78 is 16.6. The van der Waals surface area contributed by atoms with Crippen molar-refractivity contribution in [3.8, 4) is 0 Å². The average Bonchev–Trinajstić information content (AvgIpc) is 3.09. The highest BCUT2D eigenvalue weighted by atomic mass is 32.2. The lowest BCUT2D eigenvalue weighted by Gasteiger charge is -2.24. The summed E-state index contributed by atoms with van der Waals surface area (Å²) in [6.45, 7) is 0. The number of halogens is 1. The summed E-state index contributed by atoms with van der Waals surface area (Å²) in [5, 5.41) is 10.8. The van der Waals surface area contributed by atoms with Gasteiger partial charge in [-0.1, -0.05) is 12.8 Å². The van der Waals surface area contributed by atoms with Gasteiger partial charge in [-0.2, -0.15) is 0 Å². The number of rotatable bonds is 4. The lowest BCUT2D eigenvalue weighted by molar-refractivity contribution is -0.385. The van der Waals surface area contributed by atoms with Gasteiger partial charge in [0.25, 0.3) is 5.69 Å². The quantitative estimate of drug-likeness (QED) is 0.490. The fourth-order valence-electron chi connectivity index (χ4n) is 2.74. The second-order valence-corrected chi connectivity index (χ2v) is 5.63. The Bertz CT molecular complexity index is 686. The van der Waals surface area contributed by atoms with Crippen molar-refractivity contribution in [2.75, 3.05) is 4.31 Å². The topological polar surface area (TPSA) is 77.1 Å². The molecule has 0 amide bonds. The standard InChI is InChI=1S/C12H14FN5O2S/c1-16-11-10(6-9(7-14-11)18(19)20)15-12(16)17(21-13)8-4-2-3-5-8/h6-8H,2-5H2,1H3. The van der Waals surface area contributed by atoms with Crippen LogP contribution in [0.1, 0.15) is 25.7 Å². The lowest BCUT2D eigenvalue weighted by atomic mass is 10.2. The van der Waals surface area contributed by atoms with Gasteiger partial charge in [0.05, 0.1) is 4.92 Å². The van der Waals surface area contributed by atoms with E-state index < -0.39 is 4.92 Å². The number of anilines is 1. The maximum Gasteiger partial charge on any atom is 0.289 e. The molecular formula is C12H14FN5O2S. The summed E-state index contributed by atoms with van der Waals surface area (Å²) >= 11 is 0.149. The largest absolute Gasteiger partial charge is 0.297 e. The van der Waals surface area contributed by atoms with Crippen LogP contribution in [0.25, 0.3) is 11.2 Å². The average molecular weight is 311 g/mol. The summed E-state index contributed by atoms with van der Waals surface area (Å²) in [7, 11) is 1.74. The van der Waals surface area contributed by atoms with Crippen molar-refractivity contribution in [3.63, 3.8) is 0 Å². The summed E-state index contributed by atoms with van der Waals surface area (Å²) in [5.74, 6) is 0.442. The van der Waals surface area contributed by atoms with Crippen LogP contribution in [0, 0.1) is 10.1 Å². The van der Waals surface area contributed by atoms with E-state index in [0.29, 0.717) is 17.1 Å². The minimum absolute atomic E-state index is 0.102. The number of aromatic nitrogens is 3. The van der Waals surface area contributed by atoms with E-state index in [0.717, 1.165) is 25.7 Å². The highest BCUT2D eigenvalue weighted by Crippen LogP contribution is 2.34. The number of imidazole rings is 1. The number of hydrogen-bond acceptors (Lipinski definition) is 6. The molecule has 112 valence electrons. The Labute approximate surface area is 124 Å². The third kappa shape index (κ3) is 2.41. The molecule has 0 atom stereocenters. The SMILES string of the molecule is Cn1c(N(SF)C2CCCC2)nc2cc([N+](=O)[O-])cnc21. The Hall–Kier alpha value is -1.90. The molecule has 0 saturated heterocycles. The van der Waals surface area contributed by atoms with Crippen LogP contribution in [-0.4, -0.2) is 25.5 Å². The summed E-state index contributed by atoms with van der Waals surface area (Å²) in [6, 6.07) is 1.46. The van der Waals surface area contributed by atoms with Gasteiger partial charge in [0, 0.05) is 19.2 Å². The van der Waals surface area contributed by atoms with E-state index in [9.17, 15) is 14.0 Å². The number of pyridine rings is 1. The van der Waals surface area contributed by atoms with Crippen LogP contribution in [0.4, 0.5) is 15.5 Å². The van der Waals surface area contributed by atoms with Gasteiger partial charge >= 0.3 is 0 Å². The molecule has 21 heavy (non-hydrogen) atoms. The molecule has 0 unspecified atom stereocenters. The van der Waals surface area contributed by atoms with Crippen LogP contribution in [0.2, 0.25) is 0 Å². The Kier molecular flexibility index (Phi) is 3.66. The van der Waals surface area contributed by atoms with Gasteiger partial charge in [0.1, 0.15) is 11.7 Å². The zero-order valence-electron chi connectivity index (χ0n) is 11.4. The molecule has 9 heteroatoms. The highest BCUT2D eigenvalue weighted by molar-refractivity contribution is 7.95. The first kappa shape index (κ1) is 14.1. The zero-order valence-corrected chi connectivity index (χ0v) is 12.2. The van der Waals surface area contributed by atoms with Crippen molar-refractivity contribution in [3.05, 3.63) is 22.4 Å². The van der Waals surface area contributed by atoms with Crippen LogP contribution < -0.4 is 4.31 Å². The first-order valence-corrected chi connectivity index (χ1v) is 7.34. The van der Waals surface area contributed by atoms with Gasteiger partial charge in [-0.3, -0.25) is 19.0 Å². The van der Waals surface area contributed by atoms with E-state index >= 15 is 0 Å². The molecule has 0 aliphatic heterocycles. The maximum absolute atomic E-state index is 13.4. The van der Waals surface area contributed by atoms with Crippen LogP contribution in [0.15, 0.2) is 12.3 Å². The number of hydrogen-bond donors (Lipinski definition) is 0. The molecule has 3 rings (SSSR count). The molecule has 2 aromatic rings. The number of nitrogens with zero attached hydrogens (tertiary/aromatic N) is 5. The number of aryl methyl sites for hydroxylation is 1. The van der Waals surface area contributed by atoms with Crippen LogP contribution in [-0.2, 0) is 7.05 Å². The predicted molar refractivity (Wildman–Crippen MR) is 78.6 cm³/mol. The van der Waals surface area contributed by atoms with Gasteiger partial charge < -0.3 is 0 Å². The van der Waals surface area contributed by atoms with E-state index in [4.69, 9.17) is 0 Å². The summed E-state index contributed by atoms with van der Waals surface area (Å²) in [6.07, 6.45) is 5.20. The molecule has 0 N–H and O–H groups in total. The van der Waals surface area contributed by atoms with Gasteiger partial charge in [-0.15, -0.1) is 3.89 Å².